The summed E-state index contributed by atoms with van der Waals surface area (Å²) in [6.45, 7) is 1.90. The summed E-state index contributed by atoms with van der Waals surface area (Å²) in [6, 6.07) is 8.57. The lowest BCUT2D eigenvalue weighted by Crippen LogP contribution is -2.05. The van der Waals surface area contributed by atoms with Gasteiger partial charge in [0, 0.05) is 28.4 Å². The zero-order valence-corrected chi connectivity index (χ0v) is 11.2. The summed E-state index contributed by atoms with van der Waals surface area (Å²) in [7, 11) is 0. The highest BCUT2D eigenvalue weighted by atomic mass is 35.5. The molecule has 0 bridgehead atoms. The van der Waals surface area contributed by atoms with Crippen LogP contribution in [0.1, 0.15) is 18.5 Å². The number of rotatable bonds is 3. The van der Waals surface area contributed by atoms with Crippen LogP contribution in [0.4, 0.5) is 0 Å². The standard InChI is InChI=1S/C13H12Cl2N2O/c1-8(16)9-2-3-13(17-7-9)18-12-5-10(14)4-11(15)6-12/h2-8H,16H2,1H3. The molecule has 1 aromatic heterocycles. The van der Waals surface area contributed by atoms with E-state index in [0.717, 1.165) is 5.56 Å². The predicted octanol–water partition coefficient (Wildman–Crippen LogP) is 4.20. The molecule has 94 valence electrons. The van der Waals surface area contributed by atoms with Crippen molar-refractivity contribution in [2.24, 2.45) is 5.73 Å². The minimum Gasteiger partial charge on any atom is -0.439 e. The lowest BCUT2D eigenvalue weighted by molar-refractivity contribution is 0.462. The van der Waals surface area contributed by atoms with Crippen LogP contribution in [-0.4, -0.2) is 4.98 Å². The third-order valence-corrected chi connectivity index (χ3v) is 2.78. The fraction of sp³-hybridized carbons (Fsp3) is 0.154. The van der Waals surface area contributed by atoms with Crippen molar-refractivity contribution in [1.29, 1.82) is 0 Å². The molecule has 0 radical (unpaired) electrons. The number of nitrogens with two attached hydrogens (primary N) is 1. The number of aromatic nitrogens is 1. The molecule has 1 heterocycles. The highest BCUT2D eigenvalue weighted by Gasteiger charge is 2.04. The molecule has 0 fully saturated rings. The Bertz CT molecular complexity index is 521. The van der Waals surface area contributed by atoms with Gasteiger partial charge in [0.1, 0.15) is 5.75 Å². The Morgan fingerprint density at radius 2 is 1.83 bits per heavy atom. The Balaban J connectivity index is 2.18. The van der Waals surface area contributed by atoms with Crippen LogP contribution < -0.4 is 10.5 Å². The Hall–Kier alpha value is -1.29. The number of halogens is 2. The van der Waals surface area contributed by atoms with Gasteiger partial charge in [-0.15, -0.1) is 0 Å². The SMILES string of the molecule is CC(N)c1ccc(Oc2cc(Cl)cc(Cl)c2)nc1. The zero-order chi connectivity index (χ0) is 13.1. The summed E-state index contributed by atoms with van der Waals surface area (Å²) < 4.78 is 5.55. The minimum absolute atomic E-state index is 0.0489. The molecule has 2 aromatic rings. The molecule has 1 aromatic carbocycles. The second-order valence-corrected chi connectivity index (χ2v) is 4.80. The second-order valence-electron chi connectivity index (χ2n) is 3.93. The van der Waals surface area contributed by atoms with Gasteiger partial charge in [0.25, 0.3) is 0 Å². The molecule has 5 heteroatoms. The predicted molar refractivity (Wildman–Crippen MR) is 73.4 cm³/mol. The van der Waals surface area contributed by atoms with Gasteiger partial charge in [0.05, 0.1) is 0 Å². The quantitative estimate of drug-likeness (QED) is 0.918. The van der Waals surface area contributed by atoms with Gasteiger partial charge in [-0.2, -0.15) is 0 Å². The van der Waals surface area contributed by atoms with Crippen LogP contribution in [0.3, 0.4) is 0 Å². The molecule has 0 saturated carbocycles. The molecular formula is C13H12Cl2N2O. The number of ether oxygens (including phenoxy) is 1. The highest BCUT2D eigenvalue weighted by molar-refractivity contribution is 6.34. The van der Waals surface area contributed by atoms with Crippen molar-refractivity contribution < 1.29 is 4.74 Å². The molecule has 1 atom stereocenters. The van der Waals surface area contributed by atoms with Crippen LogP contribution in [0.25, 0.3) is 0 Å². The van der Waals surface area contributed by atoms with Crippen LogP contribution in [0.2, 0.25) is 10.0 Å². The first-order valence-corrected chi connectivity index (χ1v) is 6.15. The molecule has 0 saturated heterocycles. The number of hydrogen-bond donors (Lipinski definition) is 1. The molecular weight excluding hydrogens is 271 g/mol. The Labute approximate surface area is 115 Å². The molecule has 3 nitrogen and oxygen atoms in total. The third-order valence-electron chi connectivity index (χ3n) is 2.34. The average Bonchev–Trinajstić information content (AvgIpc) is 2.28. The molecule has 0 amide bonds. The summed E-state index contributed by atoms with van der Waals surface area (Å²) in [5, 5.41) is 1.04. The van der Waals surface area contributed by atoms with Gasteiger partial charge >= 0.3 is 0 Å². The summed E-state index contributed by atoms with van der Waals surface area (Å²) in [4.78, 5) is 4.17. The minimum atomic E-state index is -0.0489. The normalized spacial score (nSPS) is 12.2. The maximum atomic E-state index is 5.88. The molecule has 2 rings (SSSR count). The van der Waals surface area contributed by atoms with Crippen molar-refractivity contribution in [2.45, 2.75) is 13.0 Å². The van der Waals surface area contributed by atoms with Gasteiger partial charge in [-0.05, 0) is 30.7 Å². The van der Waals surface area contributed by atoms with E-state index in [1.54, 1.807) is 30.5 Å². The van der Waals surface area contributed by atoms with Crippen molar-refractivity contribution in [3.8, 4) is 11.6 Å². The zero-order valence-electron chi connectivity index (χ0n) is 9.73. The van der Waals surface area contributed by atoms with Gasteiger partial charge in [-0.3, -0.25) is 0 Å². The van der Waals surface area contributed by atoms with Gasteiger partial charge in [0.2, 0.25) is 5.88 Å². The second kappa shape index (κ2) is 5.57. The van der Waals surface area contributed by atoms with E-state index in [2.05, 4.69) is 4.98 Å². The van der Waals surface area contributed by atoms with Crippen LogP contribution in [-0.2, 0) is 0 Å². The summed E-state index contributed by atoms with van der Waals surface area (Å²) in [5.74, 6) is 1.02. The number of hydrogen-bond acceptors (Lipinski definition) is 3. The number of nitrogens with zero attached hydrogens (tertiary/aromatic N) is 1. The van der Waals surface area contributed by atoms with Crippen molar-refractivity contribution in [1.82, 2.24) is 4.98 Å². The third kappa shape index (κ3) is 3.35. The Morgan fingerprint density at radius 3 is 2.33 bits per heavy atom. The topological polar surface area (TPSA) is 48.1 Å². The van der Waals surface area contributed by atoms with E-state index in [9.17, 15) is 0 Å². The Morgan fingerprint density at radius 1 is 1.17 bits per heavy atom. The van der Waals surface area contributed by atoms with Gasteiger partial charge in [-0.1, -0.05) is 29.3 Å². The van der Waals surface area contributed by atoms with Crippen molar-refractivity contribution >= 4 is 23.2 Å². The fourth-order valence-electron chi connectivity index (χ4n) is 1.43. The lowest BCUT2D eigenvalue weighted by atomic mass is 10.2. The summed E-state index contributed by atoms with van der Waals surface area (Å²) in [5.41, 5.74) is 6.69. The highest BCUT2D eigenvalue weighted by Crippen LogP contribution is 2.27. The monoisotopic (exact) mass is 282 g/mol. The maximum Gasteiger partial charge on any atom is 0.219 e. The molecule has 18 heavy (non-hydrogen) atoms. The molecule has 0 aliphatic heterocycles. The van der Waals surface area contributed by atoms with Crippen molar-refractivity contribution in [3.05, 3.63) is 52.1 Å². The Kier molecular flexibility index (Phi) is 4.07. The van der Waals surface area contributed by atoms with Crippen LogP contribution >= 0.6 is 23.2 Å². The first kappa shape index (κ1) is 13.1. The number of pyridine rings is 1. The van der Waals surface area contributed by atoms with E-state index < -0.39 is 0 Å². The largest absolute Gasteiger partial charge is 0.439 e. The molecule has 0 aliphatic carbocycles. The van der Waals surface area contributed by atoms with Crippen molar-refractivity contribution in [2.75, 3.05) is 0 Å². The van der Waals surface area contributed by atoms with Gasteiger partial charge < -0.3 is 10.5 Å². The van der Waals surface area contributed by atoms with E-state index >= 15 is 0 Å². The summed E-state index contributed by atoms with van der Waals surface area (Å²) >= 11 is 11.8. The van der Waals surface area contributed by atoms with E-state index in [0.29, 0.717) is 21.7 Å². The average molecular weight is 283 g/mol. The lowest BCUT2D eigenvalue weighted by Gasteiger charge is -2.08. The molecule has 2 N–H and O–H groups in total. The van der Waals surface area contributed by atoms with E-state index in [-0.39, 0.29) is 6.04 Å². The van der Waals surface area contributed by atoms with Gasteiger partial charge in [0.15, 0.2) is 0 Å². The van der Waals surface area contributed by atoms with E-state index in [1.165, 1.54) is 0 Å². The van der Waals surface area contributed by atoms with E-state index in [4.69, 9.17) is 33.7 Å². The first-order valence-electron chi connectivity index (χ1n) is 5.40. The van der Waals surface area contributed by atoms with E-state index in [1.807, 2.05) is 13.0 Å². The first-order chi connectivity index (χ1) is 8.54. The van der Waals surface area contributed by atoms with Gasteiger partial charge in [-0.25, -0.2) is 4.98 Å². The summed E-state index contributed by atoms with van der Waals surface area (Å²) in [6.07, 6.45) is 1.69. The fourth-order valence-corrected chi connectivity index (χ4v) is 1.94. The number of benzene rings is 1. The van der Waals surface area contributed by atoms with Crippen LogP contribution in [0, 0.1) is 0 Å². The maximum absolute atomic E-state index is 5.88. The van der Waals surface area contributed by atoms with Crippen molar-refractivity contribution in [3.63, 3.8) is 0 Å². The van der Waals surface area contributed by atoms with Crippen LogP contribution in [0.15, 0.2) is 36.5 Å². The molecule has 1 unspecified atom stereocenters. The molecule has 0 aliphatic rings. The molecule has 0 spiro atoms. The van der Waals surface area contributed by atoms with Crippen LogP contribution in [0.5, 0.6) is 11.6 Å². The smallest absolute Gasteiger partial charge is 0.219 e.